The van der Waals surface area contributed by atoms with Crippen LogP contribution in [0.25, 0.3) is 0 Å². The highest BCUT2D eigenvalue weighted by Crippen LogP contribution is 2.39. The number of nitrogens with one attached hydrogen (secondary N) is 2. The Bertz CT molecular complexity index is 1160. The molecular formula is C30H35N3O5S. The van der Waals surface area contributed by atoms with Crippen LogP contribution in [-0.2, 0) is 19.1 Å². The number of hydroxylamine groups is 1. The van der Waals surface area contributed by atoms with E-state index in [-0.39, 0.29) is 24.0 Å². The molecule has 1 saturated heterocycles. The smallest absolute Gasteiger partial charge is 0.243 e. The number of benzene rings is 2. The van der Waals surface area contributed by atoms with Crippen molar-refractivity contribution >= 4 is 29.3 Å². The molecule has 1 unspecified atom stereocenters. The van der Waals surface area contributed by atoms with Crippen LogP contribution < -0.4 is 10.8 Å². The van der Waals surface area contributed by atoms with E-state index in [4.69, 9.17) is 14.7 Å². The Kier molecular flexibility index (Phi) is 11.3. The molecule has 0 saturated carbocycles. The number of carbonyl (C=O) groups excluding carboxylic acids is 2. The molecule has 1 aliphatic rings. The van der Waals surface area contributed by atoms with Gasteiger partial charge in [0.05, 0.1) is 12.2 Å². The van der Waals surface area contributed by atoms with Crippen molar-refractivity contribution < 1.29 is 24.3 Å². The first kappa shape index (κ1) is 28.8. The number of aromatic nitrogens is 1. The van der Waals surface area contributed by atoms with Crippen molar-refractivity contribution in [2.45, 2.75) is 68.3 Å². The summed E-state index contributed by atoms with van der Waals surface area (Å²) in [6, 6.07) is 21.9. The molecule has 206 valence electrons. The number of ether oxygens (including phenoxy) is 2. The molecular weight excluding hydrogens is 514 g/mol. The first-order valence-electron chi connectivity index (χ1n) is 13.3. The fraction of sp³-hybridized carbons (Fsp3) is 0.367. The molecule has 0 radical (unpaired) electrons. The van der Waals surface area contributed by atoms with Crippen LogP contribution in [0.2, 0.25) is 0 Å². The topological polar surface area (TPSA) is 110 Å². The van der Waals surface area contributed by atoms with E-state index in [1.807, 2.05) is 54.6 Å². The van der Waals surface area contributed by atoms with Gasteiger partial charge in [-0.1, -0.05) is 55.3 Å². The Balaban J connectivity index is 1.30. The van der Waals surface area contributed by atoms with E-state index in [2.05, 4.69) is 22.4 Å². The Morgan fingerprint density at radius 2 is 1.54 bits per heavy atom. The quantitative estimate of drug-likeness (QED) is 0.101. The van der Waals surface area contributed by atoms with Gasteiger partial charge in [0.2, 0.25) is 11.8 Å². The highest BCUT2D eigenvalue weighted by atomic mass is 32.2. The monoisotopic (exact) mass is 549 g/mol. The fourth-order valence-corrected chi connectivity index (χ4v) is 5.31. The van der Waals surface area contributed by atoms with Gasteiger partial charge in [-0.3, -0.25) is 19.8 Å². The van der Waals surface area contributed by atoms with Gasteiger partial charge in [-0.15, -0.1) is 11.8 Å². The molecule has 2 heterocycles. The van der Waals surface area contributed by atoms with Crippen LogP contribution in [-0.4, -0.2) is 33.9 Å². The lowest BCUT2D eigenvalue weighted by Crippen LogP contribution is -2.31. The minimum absolute atomic E-state index is 0.00419. The van der Waals surface area contributed by atoms with Gasteiger partial charge in [-0.2, -0.15) is 0 Å². The van der Waals surface area contributed by atoms with E-state index in [0.717, 1.165) is 53.1 Å². The molecule has 3 N–H and O–H groups in total. The Hall–Kier alpha value is -3.24. The number of carbonyl (C=O) groups is 2. The van der Waals surface area contributed by atoms with Gasteiger partial charge in [0, 0.05) is 53.6 Å². The summed E-state index contributed by atoms with van der Waals surface area (Å²) in [6.45, 7) is 0. The third kappa shape index (κ3) is 9.47. The molecule has 0 bridgehead atoms. The van der Waals surface area contributed by atoms with Crippen LogP contribution in [0.3, 0.4) is 0 Å². The summed E-state index contributed by atoms with van der Waals surface area (Å²) in [5.41, 5.74) is 4.39. The summed E-state index contributed by atoms with van der Waals surface area (Å²) >= 11 is 1.75. The lowest BCUT2D eigenvalue weighted by molar-refractivity contribution is -0.245. The van der Waals surface area contributed by atoms with Gasteiger partial charge >= 0.3 is 0 Å². The number of amides is 2. The summed E-state index contributed by atoms with van der Waals surface area (Å²) < 4.78 is 12.8. The van der Waals surface area contributed by atoms with E-state index in [0.29, 0.717) is 19.3 Å². The predicted molar refractivity (Wildman–Crippen MR) is 150 cm³/mol. The van der Waals surface area contributed by atoms with Crippen molar-refractivity contribution in [2.75, 3.05) is 11.1 Å². The number of thioether (sulfide) groups is 1. The van der Waals surface area contributed by atoms with Crippen molar-refractivity contribution in [3.05, 3.63) is 90.3 Å². The zero-order valence-corrected chi connectivity index (χ0v) is 22.6. The summed E-state index contributed by atoms with van der Waals surface area (Å²) in [6.07, 6.45) is 7.60. The van der Waals surface area contributed by atoms with Gasteiger partial charge in [0.15, 0.2) is 6.29 Å². The van der Waals surface area contributed by atoms with Crippen molar-refractivity contribution in [2.24, 2.45) is 0 Å². The van der Waals surface area contributed by atoms with E-state index < -0.39 is 6.29 Å². The predicted octanol–water partition coefficient (Wildman–Crippen LogP) is 6.20. The molecule has 1 fully saturated rings. The van der Waals surface area contributed by atoms with Crippen LogP contribution in [0.1, 0.15) is 68.5 Å². The number of anilines is 1. The van der Waals surface area contributed by atoms with Crippen molar-refractivity contribution in [1.82, 2.24) is 10.5 Å². The second-order valence-electron chi connectivity index (χ2n) is 9.47. The van der Waals surface area contributed by atoms with E-state index >= 15 is 0 Å². The van der Waals surface area contributed by atoms with Crippen LogP contribution in [0.4, 0.5) is 5.69 Å². The molecule has 8 nitrogen and oxygen atoms in total. The first-order valence-corrected chi connectivity index (χ1v) is 14.3. The zero-order chi connectivity index (χ0) is 27.3. The zero-order valence-electron chi connectivity index (χ0n) is 21.8. The third-order valence-corrected chi connectivity index (χ3v) is 7.63. The minimum Gasteiger partial charge on any atom is -0.344 e. The van der Waals surface area contributed by atoms with Gasteiger partial charge < -0.3 is 14.8 Å². The Morgan fingerprint density at radius 3 is 2.23 bits per heavy atom. The van der Waals surface area contributed by atoms with E-state index in [1.165, 1.54) is 0 Å². The number of unbranched alkanes of at least 4 members (excludes halogenated alkanes) is 3. The first-order chi connectivity index (χ1) is 19.1. The van der Waals surface area contributed by atoms with E-state index in [9.17, 15) is 9.59 Å². The SMILES string of the molecule is O=C(CCCCCCC(=O)Nc1ccc(C2O[C@@H](CSc3ccncc3)C[C@@H](c3ccccc3)O2)cc1)NO. The highest BCUT2D eigenvalue weighted by Gasteiger charge is 2.32. The Labute approximate surface area is 233 Å². The maximum Gasteiger partial charge on any atom is 0.243 e. The molecule has 3 atom stereocenters. The van der Waals surface area contributed by atoms with Crippen LogP contribution >= 0.6 is 11.8 Å². The number of hydrogen-bond donors (Lipinski definition) is 3. The van der Waals surface area contributed by atoms with Gasteiger partial charge in [0.1, 0.15) is 0 Å². The molecule has 0 aliphatic carbocycles. The minimum atomic E-state index is -0.510. The van der Waals surface area contributed by atoms with Crippen LogP contribution in [0.15, 0.2) is 84.0 Å². The van der Waals surface area contributed by atoms with Gasteiger partial charge in [-0.05, 0) is 42.7 Å². The van der Waals surface area contributed by atoms with Gasteiger partial charge in [0.25, 0.3) is 0 Å². The van der Waals surface area contributed by atoms with Crippen molar-refractivity contribution in [1.29, 1.82) is 0 Å². The lowest BCUT2D eigenvalue weighted by atomic mass is 10.0. The summed E-state index contributed by atoms with van der Waals surface area (Å²) in [7, 11) is 0. The molecule has 2 amide bonds. The largest absolute Gasteiger partial charge is 0.344 e. The molecule has 1 aromatic heterocycles. The lowest BCUT2D eigenvalue weighted by Gasteiger charge is -2.36. The number of hydrogen-bond acceptors (Lipinski definition) is 7. The van der Waals surface area contributed by atoms with Crippen LogP contribution in [0, 0.1) is 0 Å². The summed E-state index contributed by atoms with van der Waals surface area (Å²) in [4.78, 5) is 28.6. The third-order valence-electron chi connectivity index (χ3n) is 6.49. The number of pyridine rings is 1. The summed E-state index contributed by atoms with van der Waals surface area (Å²) in [5.74, 6) is 0.379. The summed E-state index contributed by atoms with van der Waals surface area (Å²) in [5, 5.41) is 11.5. The Morgan fingerprint density at radius 1 is 0.846 bits per heavy atom. The molecule has 1 aliphatic heterocycles. The average Bonchev–Trinajstić information content (AvgIpc) is 2.99. The van der Waals surface area contributed by atoms with Crippen LogP contribution in [0.5, 0.6) is 0 Å². The molecule has 3 aromatic rings. The maximum absolute atomic E-state index is 12.4. The average molecular weight is 550 g/mol. The standard InChI is InChI=1S/C30H35N3O5S/c34-28(10-6-1-2-7-11-29(35)33-36)32-24-14-12-23(13-15-24)30-37-25(21-39-26-16-18-31-19-17-26)20-27(38-30)22-8-4-3-5-9-22/h3-5,8-9,12-19,25,27,30,36H,1-2,6-7,10-11,20-21H2,(H,32,34)(H,33,35)/t25-,27+,30?/m1/s1. The normalized spacial score (nSPS) is 18.8. The van der Waals surface area contributed by atoms with Gasteiger partial charge in [-0.25, -0.2) is 5.48 Å². The molecule has 4 rings (SSSR count). The number of nitrogens with zero attached hydrogens (tertiary/aromatic N) is 1. The fourth-order valence-electron chi connectivity index (χ4n) is 4.40. The molecule has 39 heavy (non-hydrogen) atoms. The number of rotatable bonds is 13. The highest BCUT2D eigenvalue weighted by molar-refractivity contribution is 7.99. The second kappa shape index (κ2) is 15.4. The molecule has 0 spiro atoms. The van der Waals surface area contributed by atoms with Crippen molar-refractivity contribution in [3.63, 3.8) is 0 Å². The molecule has 2 aromatic carbocycles. The molecule has 9 heteroatoms. The maximum atomic E-state index is 12.4. The van der Waals surface area contributed by atoms with E-state index in [1.54, 1.807) is 29.6 Å². The second-order valence-corrected chi connectivity index (χ2v) is 10.6. The van der Waals surface area contributed by atoms with Crippen molar-refractivity contribution in [3.8, 4) is 0 Å².